The van der Waals surface area contributed by atoms with Gasteiger partial charge in [0.25, 0.3) is 0 Å². The molecule has 8 heteroatoms. The maximum absolute atomic E-state index is 14.1. The van der Waals surface area contributed by atoms with Crippen molar-refractivity contribution in [1.29, 1.82) is 0 Å². The molecule has 7 nitrogen and oxygen atoms in total. The Bertz CT molecular complexity index is 1270. The standard InChI is InChI=1S/C29H37N5O2S/c1-18-16-23(22-8-5-6-9-24(22)31-18)25-17-37-28(33-25)26-10-7-13-34(26)29(35)27(21-11-14-36-15-12-21)32-20(3)19(2)30-4/h5-6,8-9,16-17,19,21,26-27,30,32H,3,7,10-15H2,1-2,4H3/t19-,26-,27-/m0/s1. The van der Waals surface area contributed by atoms with E-state index in [1.165, 1.54) is 0 Å². The van der Waals surface area contributed by atoms with Gasteiger partial charge in [-0.25, -0.2) is 4.98 Å². The molecule has 0 bridgehead atoms. The molecule has 2 fully saturated rings. The minimum atomic E-state index is -0.306. The predicted molar refractivity (Wildman–Crippen MR) is 149 cm³/mol. The van der Waals surface area contributed by atoms with Crippen molar-refractivity contribution in [3.05, 3.63) is 58.7 Å². The lowest BCUT2D eigenvalue weighted by atomic mass is 9.90. The largest absolute Gasteiger partial charge is 0.381 e. The number of carbonyl (C=O) groups excluding carboxylic acids is 1. The van der Waals surface area contributed by atoms with Crippen molar-refractivity contribution in [2.24, 2.45) is 5.92 Å². The van der Waals surface area contributed by atoms with Crippen LogP contribution in [-0.4, -0.2) is 59.7 Å². The molecule has 2 aromatic heterocycles. The fourth-order valence-electron chi connectivity index (χ4n) is 5.48. The van der Waals surface area contributed by atoms with E-state index in [1.54, 1.807) is 11.3 Å². The fraction of sp³-hybridized carbons (Fsp3) is 0.483. The summed E-state index contributed by atoms with van der Waals surface area (Å²) in [6.45, 7) is 10.5. The zero-order valence-electron chi connectivity index (χ0n) is 22.0. The van der Waals surface area contributed by atoms with Crippen LogP contribution in [0.4, 0.5) is 0 Å². The molecular weight excluding hydrogens is 482 g/mol. The number of nitrogens with zero attached hydrogens (tertiary/aromatic N) is 3. The number of thiazole rings is 1. The molecule has 37 heavy (non-hydrogen) atoms. The number of carbonyl (C=O) groups is 1. The summed E-state index contributed by atoms with van der Waals surface area (Å²) in [5.41, 5.74) is 4.85. The van der Waals surface area contributed by atoms with Crippen LogP contribution in [0.5, 0.6) is 0 Å². The molecule has 0 aliphatic carbocycles. The van der Waals surface area contributed by atoms with Crippen LogP contribution in [0, 0.1) is 12.8 Å². The summed E-state index contributed by atoms with van der Waals surface area (Å²) in [7, 11) is 1.91. The average Bonchev–Trinajstić information content (AvgIpc) is 3.61. The Hall–Kier alpha value is -2.81. The SMILES string of the molecule is C=C(N[C@H](C(=O)N1CCC[C@H]1c1nc(-c2cc(C)nc3ccccc23)cs1)C1CCOCC1)[C@H](C)NC. The van der Waals surface area contributed by atoms with Crippen LogP contribution in [0.3, 0.4) is 0 Å². The molecule has 3 aromatic rings. The lowest BCUT2D eigenvalue weighted by molar-refractivity contribution is -0.136. The van der Waals surface area contributed by atoms with Gasteiger partial charge in [0.05, 0.1) is 17.3 Å². The molecule has 2 saturated heterocycles. The van der Waals surface area contributed by atoms with Crippen molar-refractivity contribution in [2.45, 2.75) is 57.7 Å². The Balaban J connectivity index is 1.41. The van der Waals surface area contributed by atoms with Crippen LogP contribution in [0.25, 0.3) is 22.2 Å². The molecule has 4 heterocycles. The van der Waals surface area contributed by atoms with E-state index in [9.17, 15) is 4.79 Å². The second-order valence-electron chi connectivity index (χ2n) is 10.2. The molecular formula is C29H37N5O2S. The Morgan fingerprint density at radius 3 is 2.78 bits per heavy atom. The molecule has 2 N–H and O–H groups in total. The normalized spacial score (nSPS) is 20.2. The van der Waals surface area contributed by atoms with Crippen molar-refractivity contribution >= 4 is 28.1 Å². The Morgan fingerprint density at radius 1 is 1.22 bits per heavy atom. The number of amides is 1. The minimum Gasteiger partial charge on any atom is -0.381 e. The zero-order chi connectivity index (χ0) is 25.9. The van der Waals surface area contributed by atoms with Crippen LogP contribution in [0.15, 0.2) is 48.0 Å². The average molecular weight is 520 g/mol. The highest BCUT2D eigenvalue weighted by Crippen LogP contribution is 2.38. The van der Waals surface area contributed by atoms with Crippen LogP contribution in [0.1, 0.15) is 49.4 Å². The van der Waals surface area contributed by atoms with Gasteiger partial charge in [-0.15, -0.1) is 11.3 Å². The van der Waals surface area contributed by atoms with Crippen molar-refractivity contribution in [3.8, 4) is 11.3 Å². The maximum atomic E-state index is 14.1. The van der Waals surface area contributed by atoms with Gasteiger partial charge < -0.3 is 20.3 Å². The van der Waals surface area contributed by atoms with E-state index >= 15 is 0 Å². The van der Waals surface area contributed by atoms with Crippen LogP contribution in [0.2, 0.25) is 0 Å². The van der Waals surface area contributed by atoms with Gasteiger partial charge in [-0.05, 0) is 64.6 Å². The van der Waals surface area contributed by atoms with Gasteiger partial charge >= 0.3 is 0 Å². The number of likely N-dealkylation sites (tertiary alicyclic amines) is 1. The van der Waals surface area contributed by atoms with Crippen molar-refractivity contribution in [3.63, 3.8) is 0 Å². The maximum Gasteiger partial charge on any atom is 0.245 e. The number of aryl methyl sites for hydroxylation is 1. The van der Waals surface area contributed by atoms with E-state index in [0.29, 0.717) is 13.2 Å². The van der Waals surface area contributed by atoms with E-state index in [-0.39, 0.29) is 30.0 Å². The number of nitrogens with one attached hydrogen (secondary N) is 2. The molecule has 0 unspecified atom stereocenters. The van der Waals surface area contributed by atoms with Gasteiger partial charge in [0, 0.05) is 53.5 Å². The van der Waals surface area contributed by atoms with Gasteiger partial charge in [0.1, 0.15) is 11.0 Å². The number of rotatable bonds is 8. The second kappa shape index (κ2) is 11.3. The molecule has 0 radical (unpaired) electrons. The highest BCUT2D eigenvalue weighted by molar-refractivity contribution is 7.10. The van der Waals surface area contributed by atoms with Gasteiger partial charge in [0.2, 0.25) is 5.91 Å². The molecule has 196 valence electrons. The molecule has 2 aliphatic heterocycles. The first kappa shape index (κ1) is 25.8. The number of hydrogen-bond donors (Lipinski definition) is 2. The number of para-hydroxylation sites is 1. The quantitative estimate of drug-likeness (QED) is 0.444. The molecule has 1 aromatic carbocycles. The number of pyridine rings is 1. The van der Waals surface area contributed by atoms with Gasteiger partial charge in [-0.3, -0.25) is 9.78 Å². The summed E-state index contributed by atoms with van der Waals surface area (Å²) in [5.74, 6) is 0.377. The molecule has 0 saturated carbocycles. The van der Waals surface area contributed by atoms with Crippen molar-refractivity contribution in [1.82, 2.24) is 25.5 Å². The van der Waals surface area contributed by atoms with E-state index in [4.69, 9.17) is 9.72 Å². The van der Waals surface area contributed by atoms with Crippen LogP contribution < -0.4 is 10.6 Å². The Kier molecular flexibility index (Phi) is 7.88. The number of fused-ring (bicyclic) bond motifs is 1. The Morgan fingerprint density at radius 2 is 2.00 bits per heavy atom. The summed E-state index contributed by atoms with van der Waals surface area (Å²) in [5, 5.41) is 11.0. The molecule has 3 atom stereocenters. The van der Waals surface area contributed by atoms with Crippen molar-refractivity contribution in [2.75, 3.05) is 26.8 Å². The van der Waals surface area contributed by atoms with Crippen LogP contribution >= 0.6 is 11.3 Å². The number of aromatic nitrogens is 2. The highest BCUT2D eigenvalue weighted by Gasteiger charge is 2.39. The lowest BCUT2D eigenvalue weighted by Crippen LogP contribution is -2.52. The topological polar surface area (TPSA) is 79.4 Å². The summed E-state index contributed by atoms with van der Waals surface area (Å²) in [4.78, 5) is 25.9. The summed E-state index contributed by atoms with van der Waals surface area (Å²) < 4.78 is 5.60. The smallest absolute Gasteiger partial charge is 0.245 e. The molecule has 2 aliphatic rings. The first-order valence-corrected chi connectivity index (χ1v) is 14.2. The molecule has 5 rings (SSSR count). The molecule has 1 amide bonds. The summed E-state index contributed by atoms with van der Waals surface area (Å²) in [6.07, 6.45) is 3.66. The Labute approximate surface area is 223 Å². The monoisotopic (exact) mass is 519 g/mol. The fourth-order valence-corrected chi connectivity index (χ4v) is 6.44. The number of ether oxygens (including phenoxy) is 1. The molecule has 0 spiro atoms. The zero-order valence-corrected chi connectivity index (χ0v) is 22.8. The summed E-state index contributed by atoms with van der Waals surface area (Å²) >= 11 is 1.65. The third-order valence-electron chi connectivity index (χ3n) is 7.76. The van der Waals surface area contributed by atoms with E-state index in [2.05, 4.69) is 51.5 Å². The van der Waals surface area contributed by atoms with Gasteiger partial charge in [0.15, 0.2) is 0 Å². The summed E-state index contributed by atoms with van der Waals surface area (Å²) in [6, 6.07) is 10.1. The predicted octanol–water partition coefficient (Wildman–Crippen LogP) is 4.84. The third-order valence-corrected chi connectivity index (χ3v) is 8.71. The van der Waals surface area contributed by atoms with E-state index in [1.807, 2.05) is 32.2 Å². The minimum absolute atomic E-state index is 0.000391. The first-order valence-electron chi connectivity index (χ1n) is 13.3. The van der Waals surface area contributed by atoms with Gasteiger partial charge in [-0.2, -0.15) is 0 Å². The van der Waals surface area contributed by atoms with Gasteiger partial charge in [-0.1, -0.05) is 24.8 Å². The van der Waals surface area contributed by atoms with E-state index in [0.717, 1.165) is 70.8 Å². The number of hydrogen-bond acceptors (Lipinski definition) is 7. The highest BCUT2D eigenvalue weighted by atomic mass is 32.1. The van der Waals surface area contributed by atoms with Crippen molar-refractivity contribution < 1.29 is 9.53 Å². The van der Waals surface area contributed by atoms with Crippen LogP contribution in [-0.2, 0) is 9.53 Å². The van der Waals surface area contributed by atoms with E-state index < -0.39 is 0 Å². The lowest BCUT2D eigenvalue weighted by Gasteiger charge is -2.36. The second-order valence-corrected chi connectivity index (χ2v) is 11.1. The number of likely N-dealkylation sites (N-methyl/N-ethyl adjacent to an activating group) is 1. The first-order chi connectivity index (χ1) is 18.0. The third kappa shape index (κ3) is 5.42. The number of benzene rings is 1.